The second kappa shape index (κ2) is 16.0. The van der Waals surface area contributed by atoms with Gasteiger partial charge in [0.05, 0.1) is 0 Å². The molecule has 0 aromatic heterocycles. The zero-order chi connectivity index (χ0) is 4.12. The summed E-state index contributed by atoms with van der Waals surface area (Å²) in [6, 6.07) is 0. The first-order chi connectivity index (χ1) is 2.41. The molecule has 0 aliphatic rings. The summed E-state index contributed by atoms with van der Waals surface area (Å²) in [4.78, 5) is 3.49. The van der Waals surface area contributed by atoms with Crippen LogP contribution in [0.4, 0.5) is 0 Å². The van der Waals surface area contributed by atoms with Gasteiger partial charge in [-0.1, -0.05) is 0 Å². The van der Waals surface area contributed by atoms with E-state index >= 15 is 0 Å². The Morgan fingerprint density at radius 1 is 1.57 bits per heavy atom. The van der Waals surface area contributed by atoms with Crippen molar-refractivity contribution in [1.82, 2.24) is 5.32 Å². The Hall–Kier alpha value is 0.574. The topological polar surface area (TPSA) is 24.4 Å². The molecule has 1 radical (unpaired) electrons. The average molecular weight is 175 g/mol. The van der Waals surface area contributed by atoms with Gasteiger partial charge in [0.2, 0.25) is 0 Å². The van der Waals surface area contributed by atoms with Crippen LogP contribution in [0, 0.1) is 7.43 Å². The standard InChI is InChI=1S/C3H7N2.CH3.Y/c1-4-3-5-2;;/h1-2H3,(H,4,5);1H3;/q2*-1;. The van der Waals surface area contributed by atoms with Gasteiger partial charge in [-0.25, -0.2) is 0 Å². The third-order valence-corrected chi connectivity index (χ3v) is 0.224. The van der Waals surface area contributed by atoms with E-state index in [1.165, 1.54) is 0 Å². The molecule has 41 valence electrons. The molecule has 0 aromatic rings. The van der Waals surface area contributed by atoms with E-state index in [4.69, 9.17) is 0 Å². The molecule has 0 saturated heterocycles. The number of hydrogen-bond acceptors (Lipinski definition) is 1. The zero-order valence-electron chi connectivity index (χ0n) is 5.02. The summed E-state index contributed by atoms with van der Waals surface area (Å²) in [5, 5.41) is 2.60. The third kappa shape index (κ3) is 20.8. The molecular formula is C4H10N2Y-2. The molecule has 0 heterocycles. The minimum absolute atomic E-state index is 0. The van der Waals surface area contributed by atoms with E-state index in [1.807, 2.05) is 0 Å². The maximum Gasteiger partial charge on any atom is 0 e. The molecule has 0 rings (SSSR count). The summed E-state index contributed by atoms with van der Waals surface area (Å²) >= 11 is 0. The number of rotatable bonds is 1. The molecule has 0 aliphatic heterocycles. The van der Waals surface area contributed by atoms with Crippen molar-refractivity contribution in [3.8, 4) is 0 Å². The van der Waals surface area contributed by atoms with Crippen molar-refractivity contribution in [1.29, 1.82) is 0 Å². The second-order valence-corrected chi connectivity index (χ2v) is 0.585. The van der Waals surface area contributed by atoms with Gasteiger partial charge in [-0.3, -0.25) is 0 Å². The van der Waals surface area contributed by atoms with E-state index in [0.717, 1.165) is 0 Å². The van der Waals surface area contributed by atoms with Crippen LogP contribution in [0.2, 0.25) is 0 Å². The predicted molar refractivity (Wildman–Crippen MR) is 28.8 cm³/mol. The molecule has 0 aliphatic carbocycles. The minimum Gasteiger partial charge on any atom is -0.553 e. The minimum atomic E-state index is 0. The van der Waals surface area contributed by atoms with Crippen molar-refractivity contribution in [2.45, 2.75) is 0 Å². The van der Waals surface area contributed by atoms with Gasteiger partial charge < -0.3 is 24.1 Å². The monoisotopic (exact) mass is 175 g/mol. The summed E-state index contributed by atoms with van der Waals surface area (Å²) in [5.41, 5.74) is 0. The molecule has 1 N–H and O–H groups in total. The van der Waals surface area contributed by atoms with Crippen LogP contribution < -0.4 is 5.32 Å². The normalized spacial score (nSPS) is 6.57. The van der Waals surface area contributed by atoms with Crippen LogP contribution in [0.3, 0.4) is 0 Å². The molecule has 2 nitrogen and oxygen atoms in total. The van der Waals surface area contributed by atoms with Crippen LogP contribution in [-0.2, 0) is 32.7 Å². The Bertz CT molecular complexity index is 36.7. The first-order valence-corrected chi connectivity index (χ1v) is 1.42. The van der Waals surface area contributed by atoms with Gasteiger partial charge in [-0.05, 0) is 14.1 Å². The average Bonchev–Trinajstić information content (AvgIpc) is 1.41. The molecular weight excluding hydrogens is 165 g/mol. The Balaban J connectivity index is -0.0000000800. The Morgan fingerprint density at radius 2 is 2.00 bits per heavy atom. The van der Waals surface area contributed by atoms with Gasteiger partial charge in [0.25, 0.3) is 0 Å². The molecule has 3 heteroatoms. The molecule has 0 amide bonds. The van der Waals surface area contributed by atoms with Crippen LogP contribution >= 0.6 is 0 Å². The predicted octanol–water partition coefficient (Wildman–Crippen LogP) is 0.189. The summed E-state index contributed by atoms with van der Waals surface area (Å²) in [6.07, 6.45) is 2.49. The van der Waals surface area contributed by atoms with E-state index in [2.05, 4.69) is 16.6 Å². The Kier molecular flexibility index (Phi) is 35.7. The van der Waals surface area contributed by atoms with Crippen molar-refractivity contribution < 1.29 is 32.7 Å². The fourth-order valence-corrected chi connectivity index (χ4v) is 0.112. The van der Waals surface area contributed by atoms with Crippen molar-refractivity contribution in [3.05, 3.63) is 7.43 Å². The zero-order valence-corrected chi connectivity index (χ0v) is 7.86. The van der Waals surface area contributed by atoms with E-state index in [0.29, 0.717) is 0 Å². The van der Waals surface area contributed by atoms with Gasteiger partial charge in [-0.2, -0.15) is 0 Å². The van der Waals surface area contributed by atoms with Crippen LogP contribution in [0.25, 0.3) is 0 Å². The van der Waals surface area contributed by atoms with E-state index in [-0.39, 0.29) is 40.1 Å². The van der Waals surface area contributed by atoms with Crippen LogP contribution in [0.1, 0.15) is 0 Å². The number of nitrogens with one attached hydrogen (secondary N) is 1. The Morgan fingerprint density at radius 3 is 2.00 bits per heavy atom. The number of hydrogen-bond donors (Lipinski definition) is 1. The van der Waals surface area contributed by atoms with Crippen LogP contribution in [0.15, 0.2) is 4.99 Å². The van der Waals surface area contributed by atoms with Gasteiger partial charge in [0, 0.05) is 32.7 Å². The molecule has 0 aromatic carbocycles. The largest absolute Gasteiger partial charge is 0.553 e. The smallest absolute Gasteiger partial charge is 0 e. The summed E-state index contributed by atoms with van der Waals surface area (Å²) < 4.78 is 0. The molecule has 0 bridgehead atoms. The fourth-order valence-electron chi connectivity index (χ4n) is 0.112. The molecule has 0 fully saturated rings. The molecule has 0 spiro atoms. The van der Waals surface area contributed by atoms with E-state index in [9.17, 15) is 0 Å². The number of nitrogens with zero attached hydrogens (tertiary/aromatic N) is 1. The number of aliphatic imine (C=N–C) groups is 1. The van der Waals surface area contributed by atoms with Gasteiger partial charge in [-0.15, -0.1) is 0 Å². The molecule has 0 unspecified atom stereocenters. The first-order valence-electron chi connectivity index (χ1n) is 1.42. The van der Waals surface area contributed by atoms with Crippen molar-refractivity contribution in [3.63, 3.8) is 0 Å². The van der Waals surface area contributed by atoms with Gasteiger partial charge in [0.1, 0.15) is 0 Å². The van der Waals surface area contributed by atoms with Gasteiger partial charge >= 0.3 is 0 Å². The molecule has 7 heavy (non-hydrogen) atoms. The van der Waals surface area contributed by atoms with Crippen LogP contribution in [-0.4, -0.2) is 20.4 Å². The Labute approximate surface area is 70.7 Å². The van der Waals surface area contributed by atoms with Crippen LogP contribution in [0.5, 0.6) is 0 Å². The maximum absolute atomic E-state index is 3.49. The first kappa shape index (κ1) is 15.6. The summed E-state index contributed by atoms with van der Waals surface area (Å²) in [7, 11) is 3.42. The van der Waals surface area contributed by atoms with E-state index < -0.39 is 0 Å². The van der Waals surface area contributed by atoms with Crippen molar-refractivity contribution >= 4 is 6.34 Å². The fraction of sp³-hybridized carbons (Fsp3) is 0.500. The van der Waals surface area contributed by atoms with Gasteiger partial charge in [0.15, 0.2) is 0 Å². The third-order valence-electron chi connectivity index (χ3n) is 0.224. The quantitative estimate of drug-likeness (QED) is 0.261. The summed E-state index contributed by atoms with van der Waals surface area (Å²) in [6.45, 7) is 0. The SMILES string of the molecule is CN=[C-]NC.[CH3-].[Y]. The van der Waals surface area contributed by atoms with Crippen molar-refractivity contribution in [2.75, 3.05) is 14.1 Å². The van der Waals surface area contributed by atoms with E-state index in [1.54, 1.807) is 14.1 Å². The van der Waals surface area contributed by atoms with Crippen molar-refractivity contribution in [2.24, 2.45) is 4.99 Å². The molecule has 0 saturated carbocycles. The molecule has 0 atom stereocenters. The second-order valence-electron chi connectivity index (χ2n) is 0.585. The maximum atomic E-state index is 3.49. The summed E-state index contributed by atoms with van der Waals surface area (Å²) in [5.74, 6) is 0.